The summed E-state index contributed by atoms with van der Waals surface area (Å²) in [6, 6.07) is 9.39. The van der Waals surface area contributed by atoms with Crippen LogP contribution in [0.2, 0.25) is 0 Å². The molecule has 0 N–H and O–H groups in total. The molecule has 3 nitrogen and oxygen atoms in total. The molecule has 96 valence electrons. The molecule has 0 unspecified atom stereocenters. The molecule has 0 aliphatic heterocycles. The van der Waals surface area contributed by atoms with E-state index in [1.807, 2.05) is 30.3 Å². The Balaban J connectivity index is 2.63. The number of hydrogen-bond acceptors (Lipinski definition) is 4. The number of hydrogen-bond donors (Lipinski definition) is 0. The number of carbonyl (C=O) groups excluding carboxylic acids is 2. The second-order valence-electron chi connectivity index (χ2n) is 3.97. The zero-order valence-electron chi connectivity index (χ0n) is 10.5. The maximum Gasteiger partial charge on any atom is 0.326 e. The highest BCUT2D eigenvalue weighted by Gasteiger charge is 2.34. The molecule has 0 aliphatic rings. The number of rotatable bonds is 5. The van der Waals surface area contributed by atoms with E-state index in [1.54, 1.807) is 6.92 Å². The molecule has 18 heavy (non-hydrogen) atoms. The van der Waals surface area contributed by atoms with Gasteiger partial charge in [0.2, 0.25) is 0 Å². The molecule has 0 radical (unpaired) electrons. The van der Waals surface area contributed by atoms with Crippen LogP contribution in [0.25, 0.3) is 0 Å². The summed E-state index contributed by atoms with van der Waals surface area (Å²) in [6.45, 7) is 6.82. The maximum absolute atomic E-state index is 11.9. The molecule has 0 spiro atoms. The van der Waals surface area contributed by atoms with Gasteiger partial charge in [0.05, 0.1) is 0 Å². The van der Waals surface area contributed by atoms with Crippen LogP contribution in [-0.2, 0) is 20.9 Å². The quantitative estimate of drug-likeness (QED) is 0.606. The molecule has 4 heteroatoms. The second-order valence-corrected chi connectivity index (χ2v) is 5.59. The first-order valence-corrected chi connectivity index (χ1v) is 6.34. The third-order valence-electron chi connectivity index (χ3n) is 2.36. The van der Waals surface area contributed by atoms with Crippen LogP contribution in [0, 0.1) is 0 Å². The standard InChI is InChI=1S/C14H16O3S/c1-4-14(3,18-11(2)15)13(16)17-10-12-8-6-5-7-9-12/h4-9H,1,10H2,2-3H3/t14-/m0/s1. The molecule has 0 aromatic heterocycles. The van der Waals surface area contributed by atoms with Gasteiger partial charge in [-0.3, -0.25) is 9.59 Å². The minimum atomic E-state index is -1.03. The summed E-state index contributed by atoms with van der Waals surface area (Å²) in [6.07, 6.45) is 1.44. The Bertz CT molecular complexity index is 442. The van der Waals surface area contributed by atoms with E-state index < -0.39 is 10.7 Å². The first-order chi connectivity index (χ1) is 8.48. The Morgan fingerprint density at radius 3 is 2.50 bits per heavy atom. The summed E-state index contributed by atoms with van der Waals surface area (Å²) >= 11 is 0.914. The molecule has 0 heterocycles. The van der Waals surface area contributed by atoms with Gasteiger partial charge in [-0.1, -0.05) is 48.2 Å². The van der Waals surface area contributed by atoms with Crippen molar-refractivity contribution >= 4 is 22.8 Å². The molecule has 0 saturated carbocycles. The minimum absolute atomic E-state index is 0.144. The summed E-state index contributed by atoms with van der Waals surface area (Å²) in [5, 5.41) is -0.144. The topological polar surface area (TPSA) is 43.4 Å². The van der Waals surface area contributed by atoms with Gasteiger partial charge >= 0.3 is 5.97 Å². The SMILES string of the molecule is C=C[C@](C)(SC(C)=O)C(=O)OCc1ccccc1. The molecule has 0 fully saturated rings. The smallest absolute Gasteiger partial charge is 0.326 e. The fourth-order valence-electron chi connectivity index (χ4n) is 1.33. The molecule has 1 atom stereocenters. The monoisotopic (exact) mass is 264 g/mol. The summed E-state index contributed by atoms with van der Waals surface area (Å²) in [5.74, 6) is -0.457. The summed E-state index contributed by atoms with van der Waals surface area (Å²) in [4.78, 5) is 23.0. The second kappa shape index (κ2) is 6.40. The summed E-state index contributed by atoms with van der Waals surface area (Å²) in [7, 11) is 0. The normalized spacial score (nSPS) is 13.4. The molecule has 1 aromatic carbocycles. The molecule has 1 rings (SSSR count). The molecule has 0 bridgehead atoms. The number of benzene rings is 1. The molecule has 0 amide bonds. The number of ether oxygens (including phenoxy) is 1. The van der Waals surface area contributed by atoms with Gasteiger partial charge in [-0.25, -0.2) is 0 Å². The predicted octanol–water partition coefficient (Wildman–Crippen LogP) is 2.95. The highest BCUT2D eigenvalue weighted by atomic mass is 32.2. The van der Waals surface area contributed by atoms with E-state index in [1.165, 1.54) is 13.0 Å². The lowest BCUT2D eigenvalue weighted by Crippen LogP contribution is -2.32. The molecule has 0 aliphatic carbocycles. The van der Waals surface area contributed by atoms with Crippen molar-refractivity contribution in [2.75, 3.05) is 0 Å². The van der Waals surface area contributed by atoms with E-state index in [0.717, 1.165) is 17.3 Å². The minimum Gasteiger partial charge on any atom is -0.460 e. The van der Waals surface area contributed by atoms with Crippen LogP contribution in [0.4, 0.5) is 0 Å². The van der Waals surface area contributed by atoms with Gasteiger partial charge in [0.25, 0.3) is 0 Å². The van der Waals surface area contributed by atoms with Gasteiger partial charge < -0.3 is 4.74 Å². The van der Waals surface area contributed by atoms with Crippen LogP contribution >= 0.6 is 11.8 Å². The van der Waals surface area contributed by atoms with Gasteiger partial charge in [0.1, 0.15) is 11.4 Å². The van der Waals surface area contributed by atoms with Crippen LogP contribution in [0.1, 0.15) is 19.4 Å². The van der Waals surface area contributed by atoms with E-state index in [9.17, 15) is 9.59 Å². The Kier molecular flexibility index (Phi) is 5.16. The van der Waals surface area contributed by atoms with Crippen molar-refractivity contribution < 1.29 is 14.3 Å². The van der Waals surface area contributed by atoms with Crippen LogP contribution in [0.5, 0.6) is 0 Å². The fourth-order valence-corrected chi connectivity index (χ4v) is 2.15. The Morgan fingerprint density at radius 2 is 2.00 bits per heavy atom. The zero-order valence-corrected chi connectivity index (χ0v) is 11.3. The van der Waals surface area contributed by atoms with E-state index >= 15 is 0 Å². The van der Waals surface area contributed by atoms with Crippen LogP contribution < -0.4 is 0 Å². The Morgan fingerprint density at radius 1 is 1.39 bits per heavy atom. The lowest BCUT2D eigenvalue weighted by atomic mass is 10.2. The molecule has 1 aromatic rings. The maximum atomic E-state index is 11.9. The van der Waals surface area contributed by atoms with Gasteiger partial charge in [-0.15, -0.1) is 6.58 Å². The lowest BCUT2D eigenvalue weighted by Gasteiger charge is -2.21. The van der Waals surface area contributed by atoms with E-state index in [-0.39, 0.29) is 11.7 Å². The van der Waals surface area contributed by atoms with Crippen molar-refractivity contribution in [3.05, 3.63) is 48.6 Å². The molecular weight excluding hydrogens is 248 g/mol. The number of thioether (sulfide) groups is 1. The van der Waals surface area contributed by atoms with Gasteiger partial charge in [0, 0.05) is 6.92 Å². The van der Waals surface area contributed by atoms with Gasteiger partial charge in [-0.2, -0.15) is 0 Å². The van der Waals surface area contributed by atoms with E-state index in [4.69, 9.17) is 4.74 Å². The first-order valence-electron chi connectivity index (χ1n) is 5.52. The van der Waals surface area contributed by atoms with Crippen molar-refractivity contribution in [3.8, 4) is 0 Å². The summed E-state index contributed by atoms with van der Waals surface area (Å²) < 4.78 is 4.17. The van der Waals surface area contributed by atoms with Crippen molar-refractivity contribution in [2.24, 2.45) is 0 Å². The van der Waals surface area contributed by atoms with Crippen molar-refractivity contribution in [1.29, 1.82) is 0 Å². The summed E-state index contributed by atoms with van der Waals surface area (Å²) in [5.41, 5.74) is 0.907. The van der Waals surface area contributed by atoms with Gasteiger partial charge in [-0.05, 0) is 12.5 Å². The Labute approximate surface area is 111 Å². The average molecular weight is 264 g/mol. The third kappa shape index (κ3) is 4.04. The van der Waals surface area contributed by atoms with Crippen molar-refractivity contribution in [1.82, 2.24) is 0 Å². The first kappa shape index (κ1) is 14.5. The zero-order chi connectivity index (χ0) is 13.6. The largest absolute Gasteiger partial charge is 0.460 e. The van der Waals surface area contributed by atoms with Crippen molar-refractivity contribution in [3.63, 3.8) is 0 Å². The number of carbonyl (C=O) groups is 2. The van der Waals surface area contributed by atoms with E-state index in [0.29, 0.717) is 0 Å². The number of esters is 1. The highest BCUT2D eigenvalue weighted by Crippen LogP contribution is 2.28. The lowest BCUT2D eigenvalue weighted by molar-refractivity contribution is -0.146. The highest BCUT2D eigenvalue weighted by molar-refractivity contribution is 8.15. The van der Waals surface area contributed by atoms with Crippen LogP contribution in [-0.4, -0.2) is 15.8 Å². The van der Waals surface area contributed by atoms with E-state index in [2.05, 4.69) is 6.58 Å². The Hall–Kier alpha value is -1.55. The van der Waals surface area contributed by atoms with Gasteiger partial charge in [0.15, 0.2) is 5.12 Å². The van der Waals surface area contributed by atoms with Crippen LogP contribution in [0.3, 0.4) is 0 Å². The predicted molar refractivity (Wildman–Crippen MR) is 73.1 cm³/mol. The fraction of sp³-hybridized carbons (Fsp3) is 0.286. The molecular formula is C14H16O3S. The third-order valence-corrected chi connectivity index (χ3v) is 3.41. The average Bonchev–Trinajstić information content (AvgIpc) is 2.36. The molecule has 0 saturated heterocycles. The van der Waals surface area contributed by atoms with Crippen molar-refractivity contribution in [2.45, 2.75) is 25.2 Å². The van der Waals surface area contributed by atoms with Crippen LogP contribution in [0.15, 0.2) is 43.0 Å².